The molecule has 0 aromatic carbocycles. The Labute approximate surface area is 154 Å². The molecule has 5 heteroatoms. The molecule has 2 rings (SSSR count). The Morgan fingerprint density at radius 1 is 1.29 bits per heavy atom. The number of carbonyl (C=O) groups is 1. The van der Waals surface area contributed by atoms with Gasteiger partial charge in [0.1, 0.15) is 0 Å². The molecule has 2 fully saturated rings. The fourth-order valence-corrected chi connectivity index (χ4v) is 4.30. The standard InChI is InChI=1S/C19H36N2O2.ClH/c1-3-23-13-10-19(8-4-5-9-19)15-21-18(22)14-16(2)17-6-11-20-12-7-17;/h16-17,20H,3-15H2,1-2H3,(H,21,22);1H. The molecule has 0 aromatic rings. The monoisotopic (exact) mass is 360 g/mol. The van der Waals surface area contributed by atoms with Crippen molar-refractivity contribution in [3.8, 4) is 0 Å². The summed E-state index contributed by atoms with van der Waals surface area (Å²) in [7, 11) is 0. The van der Waals surface area contributed by atoms with Gasteiger partial charge in [0, 0.05) is 26.2 Å². The molecule has 1 unspecified atom stereocenters. The summed E-state index contributed by atoms with van der Waals surface area (Å²) < 4.78 is 5.55. The van der Waals surface area contributed by atoms with E-state index in [1.807, 2.05) is 6.92 Å². The fraction of sp³-hybridized carbons (Fsp3) is 0.947. The maximum Gasteiger partial charge on any atom is 0.220 e. The first-order chi connectivity index (χ1) is 11.2. The van der Waals surface area contributed by atoms with Gasteiger partial charge in [0.25, 0.3) is 0 Å². The average Bonchev–Trinajstić information content (AvgIpc) is 3.03. The van der Waals surface area contributed by atoms with Crippen LogP contribution in [0.5, 0.6) is 0 Å². The highest BCUT2D eigenvalue weighted by atomic mass is 35.5. The van der Waals surface area contributed by atoms with Crippen LogP contribution in [-0.4, -0.2) is 38.8 Å². The molecule has 1 aliphatic carbocycles. The van der Waals surface area contributed by atoms with Gasteiger partial charge in [0.15, 0.2) is 0 Å². The molecule has 142 valence electrons. The Morgan fingerprint density at radius 2 is 1.96 bits per heavy atom. The summed E-state index contributed by atoms with van der Waals surface area (Å²) in [6.07, 6.45) is 9.28. The molecule has 1 aliphatic heterocycles. The molecular formula is C19H37ClN2O2. The molecule has 0 bridgehead atoms. The van der Waals surface area contributed by atoms with Gasteiger partial charge < -0.3 is 15.4 Å². The van der Waals surface area contributed by atoms with Gasteiger partial charge >= 0.3 is 0 Å². The highest BCUT2D eigenvalue weighted by molar-refractivity contribution is 5.85. The van der Waals surface area contributed by atoms with E-state index in [-0.39, 0.29) is 18.3 Å². The van der Waals surface area contributed by atoms with Crippen LogP contribution in [0.15, 0.2) is 0 Å². The van der Waals surface area contributed by atoms with Gasteiger partial charge in [0.05, 0.1) is 0 Å². The number of piperidine rings is 1. The lowest BCUT2D eigenvalue weighted by Gasteiger charge is -2.31. The fourth-order valence-electron chi connectivity index (χ4n) is 4.30. The summed E-state index contributed by atoms with van der Waals surface area (Å²) in [6.45, 7) is 8.97. The quantitative estimate of drug-likeness (QED) is 0.618. The predicted octanol–water partition coefficient (Wildman–Crippen LogP) is 3.54. The second kappa shape index (κ2) is 11.3. The lowest BCUT2D eigenvalue weighted by molar-refractivity contribution is -0.123. The van der Waals surface area contributed by atoms with Gasteiger partial charge in [-0.25, -0.2) is 0 Å². The van der Waals surface area contributed by atoms with E-state index in [2.05, 4.69) is 17.6 Å². The van der Waals surface area contributed by atoms with Crippen LogP contribution in [0, 0.1) is 17.3 Å². The van der Waals surface area contributed by atoms with Crippen molar-refractivity contribution < 1.29 is 9.53 Å². The second-order valence-electron chi connectivity index (χ2n) is 7.70. The zero-order chi connectivity index (χ0) is 16.5. The SMILES string of the molecule is CCOCCC1(CNC(=O)CC(C)C2CCNCC2)CCCC1.Cl. The van der Waals surface area contributed by atoms with E-state index in [1.54, 1.807) is 0 Å². The van der Waals surface area contributed by atoms with Gasteiger partial charge in [-0.3, -0.25) is 4.79 Å². The minimum absolute atomic E-state index is 0. The normalized spacial score (nSPS) is 21.9. The maximum atomic E-state index is 12.4. The molecule has 1 atom stereocenters. The van der Waals surface area contributed by atoms with Crippen molar-refractivity contribution in [2.75, 3.05) is 32.8 Å². The summed E-state index contributed by atoms with van der Waals surface area (Å²) >= 11 is 0. The molecule has 1 heterocycles. The molecule has 1 amide bonds. The molecule has 0 spiro atoms. The highest BCUT2D eigenvalue weighted by Gasteiger charge is 2.34. The Balaban J connectivity index is 0.00000288. The third-order valence-corrected chi connectivity index (χ3v) is 6.00. The number of hydrogen-bond donors (Lipinski definition) is 2. The summed E-state index contributed by atoms with van der Waals surface area (Å²) in [5.74, 6) is 1.46. The van der Waals surface area contributed by atoms with E-state index in [0.717, 1.165) is 39.3 Å². The second-order valence-corrected chi connectivity index (χ2v) is 7.70. The van der Waals surface area contributed by atoms with Crippen LogP contribution in [0.3, 0.4) is 0 Å². The lowest BCUT2D eigenvalue weighted by atomic mass is 9.82. The van der Waals surface area contributed by atoms with Crippen LogP contribution in [0.2, 0.25) is 0 Å². The van der Waals surface area contributed by atoms with Crippen molar-refractivity contribution in [2.24, 2.45) is 17.3 Å². The largest absolute Gasteiger partial charge is 0.382 e. The first-order valence-electron chi connectivity index (χ1n) is 9.70. The Kier molecular flexibility index (Phi) is 10.3. The zero-order valence-corrected chi connectivity index (χ0v) is 16.4. The zero-order valence-electron chi connectivity index (χ0n) is 15.6. The number of ether oxygens (including phenoxy) is 1. The number of halogens is 1. The lowest BCUT2D eigenvalue weighted by Crippen LogP contribution is -2.38. The average molecular weight is 361 g/mol. The molecule has 1 saturated heterocycles. The van der Waals surface area contributed by atoms with Gasteiger partial charge in [0.2, 0.25) is 5.91 Å². The molecule has 0 aromatic heterocycles. The Morgan fingerprint density at radius 3 is 2.58 bits per heavy atom. The van der Waals surface area contributed by atoms with Crippen molar-refractivity contribution >= 4 is 18.3 Å². The van der Waals surface area contributed by atoms with Gasteiger partial charge in [-0.1, -0.05) is 19.8 Å². The smallest absolute Gasteiger partial charge is 0.220 e. The molecule has 2 N–H and O–H groups in total. The third kappa shape index (κ3) is 6.89. The van der Waals surface area contributed by atoms with E-state index in [1.165, 1.54) is 38.5 Å². The summed E-state index contributed by atoms with van der Waals surface area (Å²) in [6, 6.07) is 0. The first-order valence-corrected chi connectivity index (χ1v) is 9.70. The number of rotatable bonds is 9. The van der Waals surface area contributed by atoms with Crippen molar-refractivity contribution in [3.05, 3.63) is 0 Å². The van der Waals surface area contributed by atoms with Crippen LogP contribution in [0.4, 0.5) is 0 Å². The molecule has 4 nitrogen and oxygen atoms in total. The summed E-state index contributed by atoms with van der Waals surface area (Å²) in [5, 5.41) is 6.65. The van der Waals surface area contributed by atoms with E-state index in [4.69, 9.17) is 4.74 Å². The van der Waals surface area contributed by atoms with E-state index in [0.29, 0.717) is 23.7 Å². The summed E-state index contributed by atoms with van der Waals surface area (Å²) in [4.78, 5) is 12.4. The topological polar surface area (TPSA) is 50.4 Å². The van der Waals surface area contributed by atoms with Gasteiger partial charge in [-0.15, -0.1) is 12.4 Å². The number of amides is 1. The van der Waals surface area contributed by atoms with Crippen LogP contribution >= 0.6 is 12.4 Å². The Hall–Kier alpha value is -0.320. The van der Waals surface area contributed by atoms with Crippen LogP contribution < -0.4 is 10.6 Å². The minimum atomic E-state index is 0. The molecule has 24 heavy (non-hydrogen) atoms. The minimum Gasteiger partial charge on any atom is -0.382 e. The van der Waals surface area contributed by atoms with Crippen molar-refractivity contribution in [1.29, 1.82) is 0 Å². The molecule has 2 aliphatic rings. The van der Waals surface area contributed by atoms with Crippen LogP contribution in [0.1, 0.15) is 65.2 Å². The van der Waals surface area contributed by atoms with Crippen LogP contribution in [-0.2, 0) is 9.53 Å². The van der Waals surface area contributed by atoms with E-state index >= 15 is 0 Å². The molecular weight excluding hydrogens is 324 g/mol. The maximum absolute atomic E-state index is 12.4. The molecule has 1 saturated carbocycles. The van der Waals surface area contributed by atoms with Gasteiger partial charge in [-0.05, 0) is 69.4 Å². The predicted molar refractivity (Wildman–Crippen MR) is 102 cm³/mol. The number of hydrogen-bond acceptors (Lipinski definition) is 3. The highest BCUT2D eigenvalue weighted by Crippen LogP contribution is 2.40. The van der Waals surface area contributed by atoms with Crippen LogP contribution in [0.25, 0.3) is 0 Å². The summed E-state index contributed by atoms with van der Waals surface area (Å²) in [5.41, 5.74) is 0.294. The third-order valence-electron chi connectivity index (χ3n) is 6.00. The van der Waals surface area contributed by atoms with Crippen molar-refractivity contribution in [3.63, 3.8) is 0 Å². The molecule has 0 radical (unpaired) electrons. The van der Waals surface area contributed by atoms with Gasteiger partial charge in [-0.2, -0.15) is 0 Å². The first kappa shape index (κ1) is 21.7. The number of carbonyl (C=O) groups excluding carboxylic acids is 1. The van der Waals surface area contributed by atoms with Crippen molar-refractivity contribution in [2.45, 2.75) is 65.2 Å². The number of nitrogens with one attached hydrogen (secondary N) is 2. The van der Waals surface area contributed by atoms with Crippen molar-refractivity contribution in [1.82, 2.24) is 10.6 Å². The van der Waals surface area contributed by atoms with E-state index < -0.39 is 0 Å². The van der Waals surface area contributed by atoms with E-state index in [9.17, 15) is 4.79 Å². The Bertz CT molecular complexity index is 353.